The Bertz CT molecular complexity index is 285. The highest BCUT2D eigenvalue weighted by Gasteiger charge is 2.54. The van der Waals surface area contributed by atoms with Crippen LogP contribution in [0.1, 0.15) is 26.2 Å². The van der Waals surface area contributed by atoms with Crippen molar-refractivity contribution in [3.63, 3.8) is 0 Å². The van der Waals surface area contributed by atoms with Crippen LogP contribution in [0.4, 0.5) is 13.2 Å². The molecule has 1 fully saturated rings. The highest BCUT2D eigenvalue weighted by molar-refractivity contribution is 5.78. The van der Waals surface area contributed by atoms with E-state index in [-0.39, 0.29) is 0 Å². The molecule has 4 nitrogen and oxygen atoms in total. The van der Waals surface area contributed by atoms with Gasteiger partial charge in [0.25, 0.3) is 5.79 Å². The topological polar surface area (TPSA) is 60.8 Å². The normalized spacial score (nSPS) is 19.5. The number of halogens is 3. The SMILES string of the molecule is C[C@@H](CC(O)(O)C(F)(F)F)C(=O)N1CCCC1. The van der Waals surface area contributed by atoms with Gasteiger partial charge in [0, 0.05) is 25.4 Å². The molecule has 1 atom stereocenters. The summed E-state index contributed by atoms with van der Waals surface area (Å²) in [5.41, 5.74) is 0. The fourth-order valence-corrected chi connectivity index (χ4v) is 1.88. The van der Waals surface area contributed by atoms with Gasteiger partial charge >= 0.3 is 6.18 Å². The van der Waals surface area contributed by atoms with Gasteiger partial charge in [0.05, 0.1) is 0 Å². The zero-order valence-corrected chi connectivity index (χ0v) is 9.50. The van der Waals surface area contributed by atoms with Crippen molar-refractivity contribution in [3.05, 3.63) is 0 Å². The van der Waals surface area contributed by atoms with E-state index in [1.807, 2.05) is 0 Å². The van der Waals surface area contributed by atoms with E-state index in [2.05, 4.69) is 0 Å². The van der Waals surface area contributed by atoms with Gasteiger partial charge in [-0.25, -0.2) is 0 Å². The van der Waals surface area contributed by atoms with E-state index in [1.165, 1.54) is 11.8 Å². The third kappa shape index (κ3) is 3.32. The molecule has 2 N–H and O–H groups in total. The van der Waals surface area contributed by atoms with Gasteiger partial charge in [0.1, 0.15) is 0 Å². The van der Waals surface area contributed by atoms with Crippen molar-refractivity contribution in [2.75, 3.05) is 13.1 Å². The third-order valence-electron chi connectivity index (χ3n) is 2.88. The van der Waals surface area contributed by atoms with E-state index in [0.717, 1.165) is 12.8 Å². The van der Waals surface area contributed by atoms with Crippen LogP contribution in [-0.4, -0.2) is 46.1 Å². The molecule has 0 aromatic rings. The van der Waals surface area contributed by atoms with Crippen LogP contribution in [0.2, 0.25) is 0 Å². The standard InChI is InChI=1S/C10H16F3NO3/c1-7(6-9(16,17)10(11,12)13)8(15)14-4-2-3-5-14/h7,16-17H,2-6H2,1H3/t7-/m0/s1. The number of carbonyl (C=O) groups excluding carboxylic acids is 1. The van der Waals surface area contributed by atoms with Crippen molar-refractivity contribution in [1.29, 1.82) is 0 Å². The maximum Gasteiger partial charge on any atom is 0.442 e. The second-order valence-corrected chi connectivity index (χ2v) is 4.45. The van der Waals surface area contributed by atoms with Gasteiger partial charge in [0.15, 0.2) is 0 Å². The fourth-order valence-electron chi connectivity index (χ4n) is 1.88. The van der Waals surface area contributed by atoms with E-state index in [1.54, 1.807) is 0 Å². The van der Waals surface area contributed by atoms with Crippen LogP contribution in [0.15, 0.2) is 0 Å². The molecule has 1 saturated heterocycles. The lowest BCUT2D eigenvalue weighted by Gasteiger charge is -2.28. The monoisotopic (exact) mass is 255 g/mol. The summed E-state index contributed by atoms with van der Waals surface area (Å²) in [4.78, 5) is 13.1. The maximum absolute atomic E-state index is 12.2. The summed E-state index contributed by atoms with van der Waals surface area (Å²) in [6, 6.07) is 0. The molecule has 0 saturated carbocycles. The van der Waals surface area contributed by atoms with Crippen LogP contribution in [0.25, 0.3) is 0 Å². The van der Waals surface area contributed by atoms with Crippen molar-refractivity contribution >= 4 is 5.91 Å². The van der Waals surface area contributed by atoms with Gasteiger partial charge in [-0.2, -0.15) is 13.2 Å². The van der Waals surface area contributed by atoms with Crippen molar-refractivity contribution in [1.82, 2.24) is 4.90 Å². The third-order valence-corrected chi connectivity index (χ3v) is 2.88. The van der Waals surface area contributed by atoms with E-state index in [4.69, 9.17) is 10.2 Å². The predicted octanol–water partition coefficient (Wildman–Crippen LogP) is 0.878. The molecule has 0 radical (unpaired) electrons. The van der Waals surface area contributed by atoms with Crippen LogP contribution in [0.3, 0.4) is 0 Å². The zero-order valence-electron chi connectivity index (χ0n) is 9.50. The number of nitrogens with zero attached hydrogens (tertiary/aromatic N) is 1. The lowest BCUT2D eigenvalue weighted by atomic mass is 9.99. The van der Waals surface area contributed by atoms with Crippen LogP contribution < -0.4 is 0 Å². The minimum absolute atomic E-state index is 0.459. The molecule has 1 aliphatic heterocycles. The highest BCUT2D eigenvalue weighted by atomic mass is 19.4. The first-order chi connectivity index (χ1) is 7.65. The summed E-state index contributed by atoms with van der Waals surface area (Å²) in [6.45, 7) is 2.33. The Morgan fingerprint density at radius 3 is 2.18 bits per heavy atom. The summed E-state index contributed by atoms with van der Waals surface area (Å²) in [6.07, 6.45) is -4.51. The maximum atomic E-state index is 12.2. The first-order valence-corrected chi connectivity index (χ1v) is 5.45. The highest BCUT2D eigenvalue weighted by Crippen LogP contribution is 2.33. The predicted molar refractivity (Wildman–Crippen MR) is 52.8 cm³/mol. The number of aliphatic hydroxyl groups is 2. The smallest absolute Gasteiger partial charge is 0.359 e. The van der Waals surface area contributed by atoms with Gasteiger partial charge in [0.2, 0.25) is 5.91 Å². The molecule has 1 aliphatic rings. The van der Waals surface area contributed by atoms with Crippen molar-refractivity contribution in [2.24, 2.45) is 5.92 Å². The molecule has 0 aliphatic carbocycles. The van der Waals surface area contributed by atoms with Gasteiger partial charge in [-0.15, -0.1) is 0 Å². The Morgan fingerprint density at radius 1 is 1.29 bits per heavy atom. The summed E-state index contributed by atoms with van der Waals surface area (Å²) < 4.78 is 36.6. The summed E-state index contributed by atoms with van der Waals surface area (Å²) >= 11 is 0. The lowest BCUT2D eigenvalue weighted by Crippen LogP contribution is -2.48. The summed E-state index contributed by atoms with van der Waals surface area (Å²) in [5, 5.41) is 17.7. The van der Waals surface area contributed by atoms with Gasteiger partial charge in [-0.05, 0) is 12.8 Å². The number of rotatable bonds is 3. The Kier molecular flexibility index (Phi) is 4.03. The molecule has 1 amide bonds. The second kappa shape index (κ2) is 4.81. The number of likely N-dealkylation sites (tertiary alicyclic amines) is 1. The van der Waals surface area contributed by atoms with Crippen molar-refractivity contribution < 1.29 is 28.2 Å². The quantitative estimate of drug-likeness (QED) is 0.736. The lowest BCUT2D eigenvalue weighted by molar-refractivity contribution is -0.353. The van der Waals surface area contributed by atoms with E-state index in [0.29, 0.717) is 13.1 Å². The molecule has 100 valence electrons. The van der Waals surface area contributed by atoms with Gasteiger partial charge in [-0.3, -0.25) is 4.79 Å². The van der Waals surface area contributed by atoms with Crippen LogP contribution in [0, 0.1) is 5.92 Å². The Hall–Kier alpha value is -0.820. The second-order valence-electron chi connectivity index (χ2n) is 4.45. The Morgan fingerprint density at radius 2 is 1.76 bits per heavy atom. The van der Waals surface area contributed by atoms with E-state index >= 15 is 0 Å². The average Bonchev–Trinajstić information content (AvgIpc) is 2.66. The first-order valence-electron chi connectivity index (χ1n) is 5.45. The molecule has 7 heteroatoms. The molecular formula is C10H16F3NO3. The molecule has 1 heterocycles. The summed E-state index contributed by atoms with van der Waals surface area (Å²) in [7, 11) is 0. The number of hydrogen-bond donors (Lipinski definition) is 2. The minimum Gasteiger partial charge on any atom is -0.359 e. The van der Waals surface area contributed by atoms with Crippen LogP contribution in [0.5, 0.6) is 0 Å². The van der Waals surface area contributed by atoms with E-state index in [9.17, 15) is 18.0 Å². The first kappa shape index (κ1) is 14.2. The van der Waals surface area contributed by atoms with Gasteiger partial charge in [-0.1, -0.05) is 6.92 Å². The molecule has 0 unspecified atom stereocenters. The number of amides is 1. The number of hydrogen-bond acceptors (Lipinski definition) is 3. The molecule has 0 bridgehead atoms. The molecule has 17 heavy (non-hydrogen) atoms. The number of carbonyl (C=O) groups is 1. The fraction of sp³-hybridized carbons (Fsp3) is 0.900. The Labute approximate surface area is 97.0 Å². The largest absolute Gasteiger partial charge is 0.442 e. The van der Waals surface area contributed by atoms with Gasteiger partial charge < -0.3 is 15.1 Å². The zero-order chi connectivity index (χ0) is 13.3. The molecule has 0 aromatic carbocycles. The Balaban J connectivity index is 2.59. The van der Waals surface area contributed by atoms with Crippen molar-refractivity contribution in [2.45, 2.75) is 38.1 Å². The minimum atomic E-state index is -5.15. The summed E-state index contributed by atoms with van der Waals surface area (Å²) in [5.74, 6) is -5.33. The molecule has 1 rings (SSSR count). The van der Waals surface area contributed by atoms with E-state index < -0.39 is 30.2 Å². The number of alkyl halides is 3. The van der Waals surface area contributed by atoms with Crippen LogP contribution >= 0.6 is 0 Å². The molecular weight excluding hydrogens is 239 g/mol. The average molecular weight is 255 g/mol. The van der Waals surface area contributed by atoms with Crippen molar-refractivity contribution in [3.8, 4) is 0 Å². The molecule has 0 aromatic heterocycles. The molecule has 0 spiro atoms. The van der Waals surface area contributed by atoms with Crippen LogP contribution in [-0.2, 0) is 4.79 Å².